The lowest BCUT2D eigenvalue weighted by molar-refractivity contribution is 0.494. The van der Waals surface area contributed by atoms with Crippen molar-refractivity contribution in [3.8, 4) is 0 Å². The van der Waals surface area contributed by atoms with Gasteiger partial charge in [0.1, 0.15) is 0 Å². The van der Waals surface area contributed by atoms with Crippen molar-refractivity contribution in [2.24, 2.45) is 0 Å². The molecule has 0 heterocycles. The first-order chi connectivity index (χ1) is 9.90. The minimum atomic E-state index is 0.0720. The molecular weight excluding hydrogens is 325 g/mol. The maximum atomic E-state index is 6.29. The first-order valence-electron chi connectivity index (χ1n) is 6.86. The molecule has 0 saturated carbocycles. The van der Waals surface area contributed by atoms with E-state index in [2.05, 4.69) is 50.4 Å². The smallest absolute Gasteiger partial charge is 0.0781 e. The highest BCUT2D eigenvalue weighted by Gasteiger charge is 2.16. The van der Waals surface area contributed by atoms with Crippen LogP contribution in [-0.4, -0.2) is 0 Å². The molecule has 112 valence electrons. The molecule has 4 heteroatoms. The van der Waals surface area contributed by atoms with E-state index in [-0.39, 0.29) is 12.1 Å². The summed E-state index contributed by atoms with van der Waals surface area (Å²) in [7, 11) is 0. The first-order valence-corrected chi connectivity index (χ1v) is 7.99. The Bertz CT molecular complexity index is 640. The summed E-state index contributed by atoms with van der Waals surface area (Å²) in [5.41, 5.74) is 3.45. The van der Waals surface area contributed by atoms with Crippen LogP contribution in [0.5, 0.6) is 0 Å². The average Bonchev–Trinajstić information content (AvgIpc) is 2.44. The van der Waals surface area contributed by atoms with Crippen molar-refractivity contribution in [3.05, 3.63) is 68.2 Å². The minimum Gasteiger partial charge on any atom is -0.304 e. The van der Waals surface area contributed by atoms with Crippen LogP contribution >= 0.6 is 34.8 Å². The van der Waals surface area contributed by atoms with E-state index in [1.807, 2.05) is 6.07 Å². The molecule has 1 nitrogen and oxygen atoms in total. The van der Waals surface area contributed by atoms with Crippen LogP contribution in [0, 0.1) is 6.92 Å². The van der Waals surface area contributed by atoms with Crippen LogP contribution in [0.1, 0.15) is 42.6 Å². The maximum Gasteiger partial charge on any atom is 0.0781 e. The predicted molar refractivity (Wildman–Crippen MR) is 92.6 cm³/mol. The molecule has 0 radical (unpaired) electrons. The van der Waals surface area contributed by atoms with Crippen LogP contribution in [0.15, 0.2) is 36.4 Å². The zero-order valence-corrected chi connectivity index (χ0v) is 14.5. The van der Waals surface area contributed by atoms with Gasteiger partial charge in [0.2, 0.25) is 0 Å². The van der Waals surface area contributed by atoms with Gasteiger partial charge in [0, 0.05) is 12.1 Å². The molecule has 0 aliphatic heterocycles. The fraction of sp³-hybridized carbons (Fsp3) is 0.294. The second kappa shape index (κ2) is 7.02. The molecule has 0 bridgehead atoms. The topological polar surface area (TPSA) is 12.0 Å². The molecule has 0 saturated heterocycles. The van der Waals surface area contributed by atoms with E-state index in [1.54, 1.807) is 6.07 Å². The number of hydrogen-bond donors (Lipinski definition) is 1. The molecule has 1 unspecified atom stereocenters. The highest BCUT2D eigenvalue weighted by Crippen LogP contribution is 2.36. The molecule has 0 aliphatic carbocycles. The summed E-state index contributed by atoms with van der Waals surface area (Å²) in [6.07, 6.45) is 0. The van der Waals surface area contributed by atoms with Gasteiger partial charge in [-0.1, -0.05) is 70.7 Å². The van der Waals surface area contributed by atoms with Gasteiger partial charge in [0.05, 0.1) is 15.1 Å². The SMILES string of the molecule is Cc1cccc([C@H](C)NC(C)c2ccc(Cl)c(Cl)c2Cl)c1. The van der Waals surface area contributed by atoms with Gasteiger partial charge in [-0.3, -0.25) is 0 Å². The standard InChI is InChI=1S/C17H18Cl3N/c1-10-5-4-6-13(9-10)11(2)21-12(3)14-7-8-15(18)17(20)16(14)19/h4-9,11-12,21H,1-3H3/t11-,12?/m0/s1. The molecule has 0 aromatic heterocycles. The number of rotatable bonds is 4. The Morgan fingerprint density at radius 1 is 0.905 bits per heavy atom. The summed E-state index contributed by atoms with van der Waals surface area (Å²) < 4.78 is 0. The predicted octanol–water partition coefficient (Wildman–Crippen LogP) is 6.37. The summed E-state index contributed by atoms with van der Waals surface area (Å²) in [6, 6.07) is 12.4. The number of hydrogen-bond acceptors (Lipinski definition) is 1. The summed E-state index contributed by atoms with van der Waals surface area (Å²) in [6.45, 7) is 6.30. The largest absolute Gasteiger partial charge is 0.304 e. The Morgan fingerprint density at radius 2 is 1.62 bits per heavy atom. The first kappa shape index (κ1) is 16.6. The van der Waals surface area contributed by atoms with Gasteiger partial charge in [-0.2, -0.15) is 0 Å². The molecule has 0 amide bonds. The van der Waals surface area contributed by atoms with E-state index in [9.17, 15) is 0 Å². The van der Waals surface area contributed by atoms with Crippen molar-refractivity contribution in [1.82, 2.24) is 5.32 Å². The van der Waals surface area contributed by atoms with Gasteiger partial charge in [-0.15, -0.1) is 0 Å². The monoisotopic (exact) mass is 341 g/mol. The molecule has 0 fully saturated rings. The Morgan fingerprint density at radius 3 is 2.29 bits per heavy atom. The van der Waals surface area contributed by atoms with Crippen molar-refractivity contribution < 1.29 is 0 Å². The molecule has 2 atom stereocenters. The van der Waals surface area contributed by atoms with E-state index in [0.717, 1.165) is 5.56 Å². The average molecular weight is 343 g/mol. The normalized spacial score (nSPS) is 14.0. The highest BCUT2D eigenvalue weighted by molar-refractivity contribution is 6.48. The van der Waals surface area contributed by atoms with Crippen LogP contribution in [0.25, 0.3) is 0 Å². The number of benzene rings is 2. The lowest BCUT2D eigenvalue weighted by atomic mass is 10.0. The molecule has 0 aliphatic rings. The Labute approximate surface area is 141 Å². The number of aryl methyl sites for hydroxylation is 1. The van der Waals surface area contributed by atoms with Gasteiger partial charge in [0.15, 0.2) is 0 Å². The molecule has 2 rings (SSSR count). The van der Waals surface area contributed by atoms with E-state index in [0.29, 0.717) is 15.1 Å². The van der Waals surface area contributed by atoms with Gasteiger partial charge in [-0.05, 0) is 38.0 Å². The number of halogens is 3. The lowest BCUT2D eigenvalue weighted by Gasteiger charge is -2.22. The summed E-state index contributed by atoms with van der Waals surface area (Å²) >= 11 is 18.4. The van der Waals surface area contributed by atoms with Crippen molar-refractivity contribution >= 4 is 34.8 Å². The Balaban J connectivity index is 2.18. The zero-order valence-electron chi connectivity index (χ0n) is 12.3. The molecule has 2 aromatic rings. The summed E-state index contributed by atoms with van der Waals surface area (Å²) in [4.78, 5) is 0. The van der Waals surface area contributed by atoms with Gasteiger partial charge < -0.3 is 5.32 Å². The van der Waals surface area contributed by atoms with Crippen molar-refractivity contribution in [2.45, 2.75) is 32.9 Å². The molecular formula is C17H18Cl3N. The quantitative estimate of drug-likeness (QED) is 0.637. The molecule has 1 N–H and O–H groups in total. The summed E-state index contributed by atoms with van der Waals surface area (Å²) in [5.74, 6) is 0. The van der Waals surface area contributed by atoms with Gasteiger partial charge >= 0.3 is 0 Å². The third-order valence-electron chi connectivity index (χ3n) is 3.57. The van der Waals surface area contributed by atoms with E-state index < -0.39 is 0 Å². The second-order valence-corrected chi connectivity index (χ2v) is 6.45. The number of nitrogens with one attached hydrogen (secondary N) is 1. The highest BCUT2D eigenvalue weighted by atomic mass is 35.5. The second-order valence-electron chi connectivity index (χ2n) is 5.29. The molecule has 2 aromatic carbocycles. The van der Waals surface area contributed by atoms with Crippen LogP contribution in [0.2, 0.25) is 15.1 Å². The zero-order chi connectivity index (χ0) is 15.6. The Kier molecular flexibility index (Phi) is 5.56. The van der Waals surface area contributed by atoms with Gasteiger partial charge in [-0.25, -0.2) is 0 Å². The van der Waals surface area contributed by atoms with Crippen LogP contribution < -0.4 is 5.32 Å². The third kappa shape index (κ3) is 3.92. The maximum absolute atomic E-state index is 6.29. The molecule has 0 spiro atoms. The fourth-order valence-corrected chi connectivity index (χ4v) is 3.08. The van der Waals surface area contributed by atoms with E-state index >= 15 is 0 Å². The lowest BCUT2D eigenvalue weighted by Crippen LogP contribution is -2.22. The van der Waals surface area contributed by atoms with Crippen LogP contribution in [0.3, 0.4) is 0 Å². The Hall–Kier alpha value is -0.730. The summed E-state index contributed by atoms with van der Waals surface area (Å²) in [5, 5.41) is 4.94. The third-order valence-corrected chi connectivity index (χ3v) is 4.88. The fourth-order valence-electron chi connectivity index (χ4n) is 2.38. The van der Waals surface area contributed by atoms with Crippen LogP contribution in [0.4, 0.5) is 0 Å². The van der Waals surface area contributed by atoms with Gasteiger partial charge in [0.25, 0.3) is 0 Å². The van der Waals surface area contributed by atoms with Crippen LogP contribution in [-0.2, 0) is 0 Å². The molecule has 21 heavy (non-hydrogen) atoms. The van der Waals surface area contributed by atoms with Crippen molar-refractivity contribution in [2.75, 3.05) is 0 Å². The van der Waals surface area contributed by atoms with E-state index in [1.165, 1.54) is 11.1 Å². The minimum absolute atomic E-state index is 0.0720. The van der Waals surface area contributed by atoms with Crippen molar-refractivity contribution in [1.29, 1.82) is 0 Å². The van der Waals surface area contributed by atoms with Crippen molar-refractivity contribution in [3.63, 3.8) is 0 Å². The van der Waals surface area contributed by atoms with E-state index in [4.69, 9.17) is 34.8 Å².